The van der Waals surface area contributed by atoms with E-state index in [9.17, 15) is 4.79 Å². The van der Waals surface area contributed by atoms with Crippen LogP contribution in [-0.4, -0.2) is 52.7 Å². The van der Waals surface area contributed by atoms with E-state index in [0.717, 1.165) is 25.0 Å². The van der Waals surface area contributed by atoms with Crippen LogP contribution in [0.15, 0.2) is 42.9 Å². The molecule has 0 aliphatic carbocycles. The third-order valence-electron chi connectivity index (χ3n) is 5.28. The van der Waals surface area contributed by atoms with Crippen LogP contribution in [0.4, 0.5) is 0 Å². The van der Waals surface area contributed by atoms with Gasteiger partial charge in [0.25, 0.3) is 5.91 Å². The molecule has 0 radical (unpaired) electrons. The molecule has 1 atom stereocenters. The van der Waals surface area contributed by atoms with E-state index in [2.05, 4.69) is 9.97 Å². The molecular weight excluding hydrogens is 330 g/mol. The van der Waals surface area contributed by atoms with Crippen LogP contribution in [0.5, 0.6) is 5.88 Å². The Labute approximate surface area is 153 Å². The maximum absolute atomic E-state index is 12.6. The zero-order valence-electron chi connectivity index (χ0n) is 14.9. The van der Waals surface area contributed by atoms with E-state index in [1.165, 1.54) is 0 Å². The van der Waals surface area contributed by atoms with E-state index in [-0.39, 0.29) is 11.5 Å². The zero-order chi connectivity index (χ0) is 18.0. The van der Waals surface area contributed by atoms with E-state index >= 15 is 0 Å². The molecule has 4 rings (SSSR count). The number of carbonyl (C=O) groups excluding carboxylic acids is 1. The topological polar surface area (TPSA) is 64.6 Å². The third kappa shape index (κ3) is 3.29. The van der Waals surface area contributed by atoms with Gasteiger partial charge in [-0.15, -0.1) is 0 Å². The number of pyridine rings is 2. The van der Waals surface area contributed by atoms with Crippen molar-refractivity contribution in [1.82, 2.24) is 14.9 Å². The predicted molar refractivity (Wildman–Crippen MR) is 96.0 cm³/mol. The number of amides is 1. The number of likely N-dealkylation sites (tertiary alicyclic amines) is 1. The summed E-state index contributed by atoms with van der Waals surface area (Å²) in [5, 5.41) is 0. The van der Waals surface area contributed by atoms with Crippen molar-refractivity contribution < 1.29 is 14.3 Å². The Balaban J connectivity index is 1.32. The molecule has 0 N–H and O–H groups in total. The Morgan fingerprint density at radius 1 is 1.38 bits per heavy atom. The van der Waals surface area contributed by atoms with Crippen LogP contribution >= 0.6 is 0 Å². The summed E-state index contributed by atoms with van der Waals surface area (Å²) < 4.78 is 11.8. The average molecular weight is 353 g/mol. The summed E-state index contributed by atoms with van der Waals surface area (Å²) in [6.07, 6.45) is 7.04. The number of rotatable bonds is 5. The summed E-state index contributed by atoms with van der Waals surface area (Å²) >= 11 is 0. The van der Waals surface area contributed by atoms with E-state index in [4.69, 9.17) is 9.47 Å². The molecule has 0 aromatic carbocycles. The first-order valence-corrected chi connectivity index (χ1v) is 9.05. The fourth-order valence-electron chi connectivity index (χ4n) is 3.88. The van der Waals surface area contributed by atoms with Crippen molar-refractivity contribution in [2.75, 3.05) is 26.3 Å². The monoisotopic (exact) mass is 353 g/mol. The maximum atomic E-state index is 12.6. The summed E-state index contributed by atoms with van der Waals surface area (Å²) in [5.74, 6) is 1.09. The largest absolute Gasteiger partial charge is 0.478 e. The second-order valence-corrected chi connectivity index (χ2v) is 7.12. The van der Waals surface area contributed by atoms with E-state index in [0.29, 0.717) is 37.1 Å². The second kappa shape index (κ2) is 7.03. The molecule has 0 saturated carbocycles. The molecule has 2 fully saturated rings. The minimum absolute atomic E-state index is 0.0332. The van der Waals surface area contributed by atoms with Crippen LogP contribution in [0.3, 0.4) is 0 Å². The van der Waals surface area contributed by atoms with Gasteiger partial charge in [0, 0.05) is 31.3 Å². The quantitative estimate of drug-likeness (QED) is 0.826. The van der Waals surface area contributed by atoms with E-state index < -0.39 is 0 Å². The first-order chi connectivity index (χ1) is 12.7. The van der Waals surface area contributed by atoms with E-state index in [1.807, 2.05) is 36.1 Å². The number of aryl methyl sites for hydroxylation is 1. The molecule has 4 heterocycles. The molecule has 2 aliphatic rings. The number of hydrogen-bond donors (Lipinski definition) is 0. The highest BCUT2D eigenvalue weighted by Crippen LogP contribution is 2.42. The number of ether oxygens (including phenoxy) is 2. The van der Waals surface area contributed by atoms with Crippen molar-refractivity contribution in [1.29, 1.82) is 0 Å². The summed E-state index contributed by atoms with van der Waals surface area (Å²) in [6, 6.07) is 7.53. The number of aromatic nitrogens is 2. The molecule has 2 aromatic rings. The Hall–Kier alpha value is -2.47. The van der Waals surface area contributed by atoms with Crippen molar-refractivity contribution in [3.8, 4) is 5.88 Å². The lowest BCUT2D eigenvalue weighted by molar-refractivity contribution is -0.119. The Morgan fingerprint density at radius 2 is 2.27 bits per heavy atom. The van der Waals surface area contributed by atoms with Crippen molar-refractivity contribution in [3.63, 3.8) is 0 Å². The lowest BCUT2D eigenvalue weighted by Crippen LogP contribution is -2.66. The summed E-state index contributed by atoms with van der Waals surface area (Å²) in [7, 11) is 0. The van der Waals surface area contributed by atoms with Crippen molar-refractivity contribution in [2.45, 2.75) is 25.4 Å². The van der Waals surface area contributed by atoms with Crippen molar-refractivity contribution in [3.05, 3.63) is 54.0 Å². The minimum atomic E-state index is -0.208. The van der Waals surface area contributed by atoms with Crippen LogP contribution in [-0.2, 0) is 4.74 Å². The minimum Gasteiger partial charge on any atom is -0.478 e. The van der Waals surface area contributed by atoms with Crippen LogP contribution in [0.2, 0.25) is 0 Å². The van der Waals surface area contributed by atoms with Gasteiger partial charge in [0.1, 0.15) is 5.60 Å². The van der Waals surface area contributed by atoms with Gasteiger partial charge in [-0.1, -0.05) is 6.07 Å². The normalized spacial score (nSPS) is 20.8. The molecule has 2 saturated heterocycles. The average Bonchev–Trinajstić information content (AvgIpc) is 3.05. The van der Waals surface area contributed by atoms with Gasteiger partial charge in [0.05, 0.1) is 25.3 Å². The second-order valence-electron chi connectivity index (χ2n) is 7.12. The van der Waals surface area contributed by atoms with Crippen LogP contribution < -0.4 is 4.74 Å². The van der Waals surface area contributed by atoms with Crippen molar-refractivity contribution in [2.24, 2.45) is 5.92 Å². The number of carbonyl (C=O) groups is 1. The van der Waals surface area contributed by atoms with Crippen LogP contribution in [0, 0.1) is 12.8 Å². The van der Waals surface area contributed by atoms with Crippen LogP contribution in [0.25, 0.3) is 0 Å². The Bertz CT molecular complexity index is 775. The first-order valence-electron chi connectivity index (χ1n) is 9.05. The molecule has 2 aliphatic heterocycles. The fraction of sp³-hybridized carbons (Fsp3) is 0.450. The van der Waals surface area contributed by atoms with Crippen LogP contribution in [0.1, 0.15) is 28.8 Å². The zero-order valence-corrected chi connectivity index (χ0v) is 14.9. The van der Waals surface area contributed by atoms with Gasteiger partial charge < -0.3 is 14.4 Å². The number of hydrogen-bond acceptors (Lipinski definition) is 5. The van der Waals surface area contributed by atoms with Gasteiger partial charge in [-0.05, 0) is 43.4 Å². The molecule has 1 amide bonds. The van der Waals surface area contributed by atoms with Gasteiger partial charge in [0.15, 0.2) is 0 Å². The molecule has 26 heavy (non-hydrogen) atoms. The molecule has 6 nitrogen and oxygen atoms in total. The maximum Gasteiger partial charge on any atom is 0.255 e. The molecule has 0 unspecified atom stereocenters. The summed E-state index contributed by atoms with van der Waals surface area (Å²) in [6.45, 7) is 4.60. The van der Waals surface area contributed by atoms with Gasteiger partial charge >= 0.3 is 0 Å². The molecule has 0 bridgehead atoms. The highest BCUT2D eigenvalue weighted by molar-refractivity contribution is 5.94. The SMILES string of the molecule is Cc1cncc(C(=O)N2CC3(C2)OCC[C@H]3CCOc2ccccn2)c1. The molecule has 2 aromatic heterocycles. The first kappa shape index (κ1) is 17.0. The molecule has 136 valence electrons. The van der Waals surface area contributed by atoms with Gasteiger partial charge in [0.2, 0.25) is 5.88 Å². The van der Waals surface area contributed by atoms with E-state index in [1.54, 1.807) is 18.6 Å². The predicted octanol–water partition coefficient (Wildman–Crippen LogP) is 2.49. The van der Waals surface area contributed by atoms with Gasteiger partial charge in [-0.25, -0.2) is 4.98 Å². The molecule has 1 spiro atoms. The smallest absolute Gasteiger partial charge is 0.255 e. The highest BCUT2D eigenvalue weighted by Gasteiger charge is 2.54. The number of nitrogens with zero attached hydrogens (tertiary/aromatic N) is 3. The molecule has 6 heteroatoms. The van der Waals surface area contributed by atoms with Gasteiger partial charge in [-0.2, -0.15) is 0 Å². The Kier molecular flexibility index (Phi) is 4.59. The Morgan fingerprint density at radius 3 is 3.04 bits per heavy atom. The van der Waals surface area contributed by atoms with Gasteiger partial charge in [-0.3, -0.25) is 9.78 Å². The third-order valence-corrected chi connectivity index (χ3v) is 5.28. The summed E-state index contributed by atoms with van der Waals surface area (Å²) in [4.78, 5) is 22.8. The van der Waals surface area contributed by atoms with Crippen molar-refractivity contribution >= 4 is 5.91 Å². The standard InChI is InChI=1S/C20H23N3O3/c1-15-10-16(12-21-11-15)19(24)23-13-20(14-23)17(6-9-26-20)5-8-25-18-4-2-3-7-22-18/h2-4,7,10-12,17H,5-6,8-9,13-14H2,1H3/t17-/m1/s1. The summed E-state index contributed by atoms with van der Waals surface area (Å²) in [5.41, 5.74) is 1.43. The highest BCUT2D eigenvalue weighted by atomic mass is 16.5. The lowest BCUT2D eigenvalue weighted by atomic mass is 9.79. The fourth-order valence-corrected chi connectivity index (χ4v) is 3.88. The lowest BCUT2D eigenvalue weighted by Gasteiger charge is -2.50. The molecular formula is C20H23N3O3.